The molecule has 0 bridgehead atoms. The Morgan fingerprint density at radius 3 is 2.90 bits per heavy atom. The molecule has 0 fully saturated rings. The van der Waals surface area contributed by atoms with E-state index in [1.54, 1.807) is 25.5 Å². The molecule has 0 spiro atoms. The van der Waals surface area contributed by atoms with Crippen LogP contribution < -0.4 is 5.32 Å². The van der Waals surface area contributed by atoms with E-state index in [9.17, 15) is 8.42 Å². The van der Waals surface area contributed by atoms with Gasteiger partial charge in [-0.25, -0.2) is 18.4 Å². The molecule has 3 rings (SSSR count). The van der Waals surface area contributed by atoms with Gasteiger partial charge in [0.05, 0.1) is 6.54 Å². The van der Waals surface area contributed by atoms with Gasteiger partial charge in [0, 0.05) is 43.2 Å². The zero-order valence-electron chi connectivity index (χ0n) is 11.3. The molecule has 0 aliphatic carbocycles. The van der Waals surface area contributed by atoms with Crippen LogP contribution in [0.3, 0.4) is 0 Å². The molecule has 9 heteroatoms. The monoisotopic (exact) mass is 371 g/mol. The zero-order valence-corrected chi connectivity index (χ0v) is 13.7. The molecule has 2 aromatic rings. The molecule has 1 N–H and O–H groups in total. The highest BCUT2D eigenvalue weighted by Gasteiger charge is 2.31. The largest absolute Gasteiger partial charge is 0.372 e. The van der Waals surface area contributed by atoms with Crippen LogP contribution in [-0.2, 0) is 23.1 Å². The van der Waals surface area contributed by atoms with Gasteiger partial charge in [-0.3, -0.25) is 0 Å². The van der Waals surface area contributed by atoms with E-state index in [0.29, 0.717) is 23.4 Å². The second kappa shape index (κ2) is 5.39. The van der Waals surface area contributed by atoms with Gasteiger partial charge in [-0.2, -0.15) is 4.31 Å². The average Bonchev–Trinajstić information content (AvgIpc) is 2.94. The minimum Gasteiger partial charge on any atom is -0.372 e. The van der Waals surface area contributed by atoms with Crippen LogP contribution in [-0.4, -0.2) is 40.9 Å². The van der Waals surface area contributed by atoms with Gasteiger partial charge in [-0.1, -0.05) is 0 Å². The molecule has 0 saturated carbocycles. The fourth-order valence-corrected chi connectivity index (χ4v) is 4.34. The summed E-state index contributed by atoms with van der Waals surface area (Å²) in [4.78, 5) is 8.46. The maximum atomic E-state index is 12.8. The van der Waals surface area contributed by atoms with Gasteiger partial charge in [-0.15, -0.1) is 0 Å². The molecule has 0 amide bonds. The van der Waals surface area contributed by atoms with Gasteiger partial charge in [0.15, 0.2) is 0 Å². The number of aromatic nitrogens is 3. The Bertz CT molecular complexity index is 774. The molecule has 7 nitrogen and oxygen atoms in total. The van der Waals surface area contributed by atoms with Crippen LogP contribution in [0.4, 0.5) is 5.82 Å². The van der Waals surface area contributed by atoms with Crippen molar-refractivity contribution in [3.8, 4) is 0 Å². The summed E-state index contributed by atoms with van der Waals surface area (Å²) in [6, 6.07) is 1.56. The predicted octanol–water partition coefficient (Wildman–Crippen LogP) is 1.29. The quantitative estimate of drug-likeness (QED) is 0.878. The Balaban J connectivity index is 2.00. The maximum absolute atomic E-state index is 12.8. The molecular weight excluding hydrogens is 358 g/mol. The number of fused-ring (bicyclic) bond motifs is 1. The summed E-state index contributed by atoms with van der Waals surface area (Å²) >= 11 is 3.27. The third-order valence-electron chi connectivity index (χ3n) is 3.38. The number of pyridine rings is 1. The number of anilines is 1. The summed E-state index contributed by atoms with van der Waals surface area (Å²) in [5, 5.41) is 2.82. The van der Waals surface area contributed by atoms with Crippen molar-refractivity contribution in [2.75, 3.05) is 18.9 Å². The molecule has 21 heavy (non-hydrogen) atoms. The zero-order chi connectivity index (χ0) is 15.0. The van der Waals surface area contributed by atoms with Crippen LogP contribution in [0, 0.1) is 0 Å². The molecule has 0 unspecified atom stereocenters. The lowest BCUT2D eigenvalue weighted by Crippen LogP contribution is -2.38. The first-order valence-corrected chi connectivity index (χ1v) is 8.59. The average molecular weight is 372 g/mol. The number of imidazole rings is 1. The first kappa shape index (κ1) is 14.5. The second-order valence-corrected chi connectivity index (χ2v) is 7.45. The normalized spacial score (nSPS) is 15.7. The summed E-state index contributed by atoms with van der Waals surface area (Å²) in [7, 11) is -1.97. The van der Waals surface area contributed by atoms with E-state index in [1.165, 1.54) is 4.31 Å². The Labute approximate surface area is 131 Å². The van der Waals surface area contributed by atoms with E-state index in [4.69, 9.17) is 0 Å². The van der Waals surface area contributed by atoms with E-state index >= 15 is 0 Å². The minimum absolute atomic E-state index is 0.166. The van der Waals surface area contributed by atoms with Gasteiger partial charge >= 0.3 is 0 Å². The second-order valence-electron chi connectivity index (χ2n) is 4.63. The van der Waals surface area contributed by atoms with Gasteiger partial charge in [0.25, 0.3) is 0 Å². The number of halogens is 1. The fourth-order valence-electron chi connectivity index (χ4n) is 2.30. The molecule has 1 aliphatic heterocycles. The van der Waals surface area contributed by atoms with Crippen LogP contribution in [0.5, 0.6) is 0 Å². The van der Waals surface area contributed by atoms with Crippen molar-refractivity contribution < 1.29 is 8.42 Å². The third kappa shape index (κ3) is 2.56. The lowest BCUT2D eigenvalue weighted by atomic mass is 10.4. The van der Waals surface area contributed by atoms with Crippen LogP contribution in [0.15, 0.2) is 34.0 Å². The number of hydrogen-bond donors (Lipinski definition) is 1. The number of sulfonamides is 1. The van der Waals surface area contributed by atoms with Crippen molar-refractivity contribution in [3.63, 3.8) is 0 Å². The summed E-state index contributed by atoms with van der Waals surface area (Å²) in [6.45, 7) is 1.29. The van der Waals surface area contributed by atoms with Crippen molar-refractivity contribution in [2.24, 2.45) is 0 Å². The molecule has 0 aromatic carbocycles. The van der Waals surface area contributed by atoms with E-state index in [1.807, 2.05) is 10.8 Å². The fraction of sp³-hybridized carbons (Fsp3) is 0.333. The van der Waals surface area contributed by atoms with Gasteiger partial charge < -0.3 is 9.88 Å². The van der Waals surface area contributed by atoms with Gasteiger partial charge in [0.2, 0.25) is 10.0 Å². The predicted molar refractivity (Wildman–Crippen MR) is 81.3 cm³/mol. The lowest BCUT2D eigenvalue weighted by Gasteiger charge is -2.27. The standard InChI is InChI=1S/C12H14BrN5O2S/c1-14-12-10(6-9(13)7-16-12)21(19,20)18-5-4-17-3-2-15-11(17)8-18/h2-3,6-7H,4-5,8H2,1H3,(H,14,16). The Kier molecular flexibility index (Phi) is 3.72. The van der Waals surface area contributed by atoms with Crippen LogP contribution in [0.25, 0.3) is 0 Å². The third-order valence-corrected chi connectivity index (χ3v) is 5.68. The van der Waals surface area contributed by atoms with Crippen molar-refractivity contribution in [2.45, 2.75) is 18.0 Å². The number of nitrogens with zero attached hydrogens (tertiary/aromatic N) is 4. The number of hydrogen-bond acceptors (Lipinski definition) is 5. The molecule has 2 aromatic heterocycles. The lowest BCUT2D eigenvalue weighted by molar-refractivity contribution is 0.335. The Morgan fingerprint density at radius 1 is 1.33 bits per heavy atom. The first-order valence-electron chi connectivity index (χ1n) is 6.36. The molecule has 0 radical (unpaired) electrons. The van der Waals surface area contributed by atoms with Gasteiger partial charge in [-0.05, 0) is 22.0 Å². The number of rotatable bonds is 3. The first-order chi connectivity index (χ1) is 10.0. The van der Waals surface area contributed by atoms with E-state index in [-0.39, 0.29) is 11.4 Å². The Morgan fingerprint density at radius 2 is 2.14 bits per heavy atom. The van der Waals surface area contributed by atoms with Crippen LogP contribution in [0.1, 0.15) is 5.82 Å². The summed E-state index contributed by atoms with van der Waals surface area (Å²) < 4.78 is 29.7. The van der Waals surface area contributed by atoms with Crippen molar-refractivity contribution in [1.29, 1.82) is 0 Å². The summed E-state index contributed by atoms with van der Waals surface area (Å²) in [5.41, 5.74) is 0. The summed E-state index contributed by atoms with van der Waals surface area (Å²) in [6.07, 6.45) is 5.11. The SMILES string of the molecule is CNc1ncc(Br)cc1S(=O)(=O)N1CCn2ccnc2C1. The highest BCUT2D eigenvalue weighted by Crippen LogP contribution is 2.27. The molecule has 112 valence electrons. The Hall–Kier alpha value is -1.45. The molecule has 0 saturated heterocycles. The highest BCUT2D eigenvalue weighted by molar-refractivity contribution is 9.10. The topological polar surface area (TPSA) is 80.1 Å². The summed E-state index contributed by atoms with van der Waals surface area (Å²) in [5.74, 6) is 1.09. The van der Waals surface area contributed by atoms with Crippen molar-refractivity contribution in [3.05, 3.63) is 35.0 Å². The molecular formula is C12H14BrN5O2S. The van der Waals surface area contributed by atoms with Crippen LogP contribution >= 0.6 is 15.9 Å². The molecule has 3 heterocycles. The maximum Gasteiger partial charge on any atom is 0.247 e. The van der Waals surface area contributed by atoms with Crippen LogP contribution in [0.2, 0.25) is 0 Å². The van der Waals surface area contributed by atoms with E-state index in [2.05, 4.69) is 31.2 Å². The van der Waals surface area contributed by atoms with Crippen molar-refractivity contribution >= 4 is 31.8 Å². The smallest absolute Gasteiger partial charge is 0.247 e. The molecule has 0 atom stereocenters. The highest BCUT2D eigenvalue weighted by atomic mass is 79.9. The number of nitrogens with one attached hydrogen (secondary N) is 1. The van der Waals surface area contributed by atoms with Crippen molar-refractivity contribution in [1.82, 2.24) is 18.8 Å². The molecule has 1 aliphatic rings. The van der Waals surface area contributed by atoms with Gasteiger partial charge in [0.1, 0.15) is 16.5 Å². The minimum atomic E-state index is -3.62. The van der Waals surface area contributed by atoms with E-state index in [0.717, 1.165) is 5.82 Å². The van der Waals surface area contributed by atoms with E-state index < -0.39 is 10.0 Å².